The number of nitrogens with zero attached hydrogens (tertiary/aromatic N) is 5. The van der Waals surface area contributed by atoms with Gasteiger partial charge < -0.3 is 19.4 Å². The molecule has 1 unspecified atom stereocenters. The lowest BCUT2D eigenvalue weighted by atomic mass is 10.0. The standard InChI is InChI=1S/C39H40BrN7O7/c1-53-26-19-29-34(31(20-26)54-2)37(50)43-35(41-29)23-3-5-24(6-4-23)45-11-9-25(10-12-45)46-15-13-44(14-16-46)21-22-17-27-33(28(40)18-22)39(52)47(38(27)51)30-7-8-32(48)42-36(30)49/h3-6,17-20,25,30H,7-16,21H2,1-2H3,(H,41,43,50)(H,42,48,49). The zero-order valence-electron chi connectivity index (χ0n) is 30.0. The summed E-state index contributed by atoms with van der Waals surface area (Å²) in [6.07, 6.45) is 2.32. The van der Waals surface area contributed by atoms with E-state index in [2.05, 4.69) is 53.1 Å². The molecule has 5 heterocycles. The molecule has 0 spiro atoms. The SMILES string of the molecule is COc1cc(OC)c2c(=O)[nH]c(-c3ccc(N4CCC(N5CCN(Cc6cc(Br)c7c(c6)C(=O)N(C6CCC(=O)NC6=O)C7=O)CC5)CC4)cc3)nc2c1. The third kappa shape index (κ3) is 6.64. The van der Waals surface area contributed by atoms with Crippen molar-refractivity contribution in [3.8, 4) is 22.9 Å². The van der Waals surface area contributed by atoms with Gasteiger partial charge in [0.1, 0.15) is 28.8 Å². The van der Waals surface area contributed by atoms with Crippen LogP contribution in [-0.4, -0.2) is 114 Å². The molecular formula is C39H40BrN7O7. The Hall–Kier alpha value is -5.12. The van der Waals surface area contributed by atoms with Gasteiger partial charge in [0.05, 0.1) is 30.9 Å². The molecule has 2 N–H and O–H groups in total. The number of hydrogen-bond acceptors (Lipinski definition) is 11. The highest BCUT2D eigenvalue weighted by Crippen LogP contribution is 2.35. The second kappa shape index (κ2) is 14.6. The Balaban J connectivity index is 0.851. The number of imide groups is 2. The number of aromatic amines is 1. The lowest BCUT2D eigenvalue weighted by Gasteiger charge is -2.43. The molecule has 4 amide bonds. The van der Waals surface area contributed by atoms with Gasteiger partial charge in [-0.1, -0.05) is 0 Å². The van der Waals surface area contributed by atoms with Crippen LogP contribution in [0, 0.1) is 0 Å². The van der Waals surface area contributed by atoms with Crippen molar-refractivity contribution in [1.29, 1.82) is 0 Å². The summed E-state index contributed by atoms with van der Waals surface area (Å²) in [5, 5.41) is 2.63. The van der Waals surface area contributed by atoms with Crippen LogP contribution in [0.1, 0.15) is 52.0 Å². The zero-order valence-corrected chi connectivity index (χ0v) is 31.6. The minimum absolute atomic E-state index is 0.0828. The Kier molecular flexibility index (Phi) is 9.71. The van der Waals surface area contributed by atoms with Crippen molar-refractivity contribution in [1.82, 2.24) is 30.0 Å². The van der Waals surface area contributed by atoms with Crippen molar-refractivity contribution in [2.24, 2.45) is 0 Å². The Labute approximate surface area is 319 Å². The van der Waals surface area contributed by atoms with Crippen molar-refractivity contribution in [2.45, 2.75) is 44.3 Å². The fourth-order valence-electron chi connectivity index (χ4n) is 8.18. The summed E-state index contributed by atoms with van der Waals surface area (Å²) in [5.41, 5.74) is 3.65. The highest BCUT2D eigenvalue weighted by atomic mass is 79.9. The lowest BCUT2D eigenvalue weighted by Crippen LogP contribution is -2.54. The topological polar surface area (TPSA) is 157 Å². The molecule has 280 valence electrons. The highest BCUT2D eigenvalue weighted by Gasteiger charge is 2.45. The van der Waals surface area contributed by atoms with E-state index in [1.54, 1.807) is 25.3 Å². The second-order valence-corrected chi connectivity index (χ2v) is 15.0. The largest absolute Gasteiger partial charge is 0.497 e. The van der Waals surface area contributed by atoms with Crippen LogP contribution in [-0.2, 0) is 16.1 Å². The molecular weight excluding hydrogens is 758 g/mol. The Bertz CT molecular complexity index is 2230. The van der Waals surface area contributed by atoms with Crippen LogP contribution < -0.4 is 25.2 Å². The number of anilines is 1. The first kappa shape index (κ1) is 35.9. The van der Waals surface area contributed by atoms with Gasteiger partial charge in [-0.05, 0) is 77.2 Å². The number of rotatable bonds is 8. The average molecular weight is 799 g/mol. The number of halogens is 1. The van der Waals surface area contributed by atoms with Crippen molar-refractivity contribution in [2.75, 3.05) is 58.4 Å². The van der Waals surface area contributed by atoms with E-state index in [-0.39, 0.29) is 29.5 Å². The van der Waals surface area contributed by atoms with E-state index >= 15 is 0 Å². The third-order valence-corrected chi connectivity index (χ3v) is 11.7. The Morgan fingerprint density at radius 3 is 2.28 bits per heavy atom. The molecule has 3 aromatic carbocycles. The molecule has 0 radical (unpaired) electrons. The van der Waals surface area contributed by atoms with Crippen LogP contribution in [0.15, 0.2) is 57.8 Å². The van der Waals surface area contributed by atoms with Crippen LogP contribution in [0.25, 0.3) is 22.3 Å². The van der Waals surface area contributed by atoms with E-state index in [0.29, 0.717) is 45.3 Å². The first-order valence-electron chi connectivity index (χ1n) is 18.1. The molecule has 1 atom stereocenters. The number of amides is 4. The minimum atomic E-state index is -0.992. The fourth-order valence-corrected chi connectivity index (χ4v) is 8.86. The maximum atomic E-state index is 13.4. The van der Waals surface area contributed by atoms with Gasteiger partial charge in [0.15, 0.2) is 0 Å². The predicted octanol–water partition coefficient (Wildman–Crippen LogP) is 3.56. The molecule has 4 aliphatic rings. The number of piperazine rings is 1. The van der Waals surface area contributed by atoms with E-state index in [1.807, 2.05) is 18.2 Å². The number of methoxy groups -OCH3 is 2. The summed E-state index contributed by atoms with van der Waals surface area (Å²) in [7, 11) is 3.08. The van der Waals surface area contributed by atoms with Gasteiger partial charge in [-0.15, -0.1) is 0 Å². The van der Waals surface area contributed by atoms with E-state index in [4.69, 9.17) is 14.5 Å². The Morgan fingerprint density at radius 2 is 1.59 bits per heavy atom. The van der Waals surface area contributed by atoms with Gasteiger partial charge in [-0.25, -0.2) is 4.98 Å². The molecule has 4 aliphatic heterocycles. The van der Waals surface area contributed by atoms with Gasteiger partial charge in [0, 0.05) is 86.1 Å². The third-order valence-electron chi connectivity index (χ3n) is 11.1. The quantitative estimate of drug-likeness (QED) is 0.252. The molecule has 8 rings (SSSR count). The summed E-state index contributed by atoms with van der Waals surface area (Å²) < 4.78 is 11.3. The number of benzene rings is 3. The average Bonchev–Trinajstić information content (AvgIpc) is 3.43. The molecule has 14 nitrogen and oxygen atoms in total. The molecule has 0 aliphatic carbocycles. The number of H-pyrrole nitrogens is 1. The van der Waals surface area contributed by atoms with Crippen LogP contribution in [0.3, 0.4) is 0 Å². The normalized spacial score (nSPS) is 20.1. The van der Waals surface area contributed by atoms with Crippen molar-refractivity contribution >= 4 is 56.1 Å². The monoisotopic (exact) mass is 797 g/mol. The summed E-state index contributed by atoms with van der Waals surface area (Å²) >= 11 is 3.52. The molecule has 3 fully saturated rings. The van der Waals surface area contributed by atoms with Gasteiger partial charge in [0.2, 0.25) is 11.8 Å². The van der Waals surface area contributed by atoms with Gasteiger partial charge >= 0.3 is 0 Å². The maximum Gasteiger partial charge on any atom is 0.263 e. The number of piperidine rings is 2. The molecule has 15 heteroatoms. The van der Waals surface area contributed by atoms with Crippen LogP contribution in [0.5, 0.6) is 11.5 Å². The maximum absolute atomic E-state index is 13.4. The number of aromatic nitrogens is 2. The van der Waals surface area contributed by atoms with Gasteiger partial charge in [-0.3, -0.25) is 44.0 Å². The summed E-state index contributed by atoms with van der Waals surface area (Å²) in [6, 6.07) is 14.7. The highest BCUT2D eigenvalue weighted by molar-refractivity contribution is 9.10. The second-order valence-electron chi connectivity index (χ2n) is 14.2. The van der Waals surface area contributed by atoms with E-state index in [9.17, 15) is 24.0 Å². The van der Waals surface area contributed by atoms with Crippen molar-refractivity contribution in [3.05, 3.63) is 80.0 Å². The molecule has 0 bridgehead atoms. The summed E-state index contributed by atoms with van der Waals surface area (Å²) in [4.78, 5) is 79.7. The van der Waals surface area contributed by atoms with Gasteiger partial charge in [-0.2, -0.15) is 0 Å². The first-order chi connectivity index (χ1) is 26.1. The van der Waals surface area contributed by atoms with Crippen LogP contribution in [0.4, 0.5) is 5.69 Å². The molecule has 1 aromatic heterocycles. The molecule has 4 aromatic rings. The van der Waals surface area contributed by atoms with Gasteiger partial charge in [0.25, 0.3) is 17.4 Å². The van der Waals surface area contributed by atoms with Crippen molar-refractivity contribution in [3.63, 3.8) is 0 Å². The van der Waals surface area contributed by atoms with Crippen LogP contribution >= 0.6 is 15.9 Å². The number of nitrogens with one attached hydrogen (secondary N) is 2. The lowest BCUT2D eigenvalue weighted by molar-refractivity contribution is -0.136. The van der Waals surface area contributed by atoms with E-state index in [0.717, 1.165) is 73.8 Å². The Morgan fingerprint density at radius 1 is 0.852 bits per heavy atom. The van der Waals surface area contributed by atoms with Crippen molar-refractivity contribution < 1.29 is 28.7 Å². The smallest absolute Gasteiger partial charge is 0.263 e. The summed E-state index contributed by atoms with van der Waals surface area (Å²) in [6.45, 7) is 6.19. The molecule has 54 heavy (non-hydrogen) atoms. The number of ether oxygens (including phenoxy) is 2. The number of carbonyl (C=O) groups excluding carboxylic acids is 4. The molecule has 3 saturated heterocycles. The number of hydrogen-bond donors (Lipinski definition) is 2. The van der Waals surface area contributed by atoms with E-state index in [1.165, 1.54) is 7.11 Å². The zero-order chi connectivity index (χ0) is 37.7. The first-order valence-corrected chi connectivity index (χ1v) is 18.9. The predicted molar refractivity (Wildman–Crippen MR) is 204 cm³/mol. The van der Waals surface area contributed by atoms with E-state index < -0.39 is 29.7 Å². The molecule has 0 saturated carbocycles. The fraction of sp³-hybridized carbons (Fsp3) is 0.385. The van der Waals surface area contributed by atoms with Crippen LogP contribution in [0.2, 0.25) is 0 Å². The number of fused-ring (bicyclic) bond motifs is 2. The minimum Gasteiger partial charge on any atom is -0.497 e. The number of carbonyl (C=O) groups is 4. The summed E-state index contributed by atoms with van der Waals surface area (Å²) in [5.74, 6) is -0.572.